The fourth-order valence-electron chi connectivity index (χ4n) is 1.48. The Hall–Kier alpha value is -0.200. The van der Waals surface area contributed by atoms with E-state index in [1.165, 1.54) is 0 Å². The van der Waals surface area contributed by atoms with Crippen LogP contribution in [0, 0.1) is 5.41 Å². The average molecular weight is 203 g/mol. The van der Waals surface area contributed by atoms with Crippen LogP contribution in [-0.4, -0.2) is 0 Å². The number of allylic oxidation sites excluding steroid dienone is 6. The Morgan fingerprint density at radius 2 is 1.92 bits per heavy atom. The van der Waals surface area contributed by atoms with Crippen molar-refractivity contribution >= 4 is 23.2 Å². The third-order valence-corrected chi connectivity index (χ3v) is 2.53. The molecule has 0 atom stereocenters. The Morgan fingerprint density at radius 1 is 1.33 bits per heavy atom. The number of rotatable bonds is 0. The topological polar surface area (TPSA) is 0 Å². The molecule has 12 heavy (non-hydrogen) atoms. The first-order valence-electron chi connectivity index (χ1n) is 3.90. The van der Waals surface area contributed by atoms with E-state index in [2.05, 4.69) is 13.8 Å². The summed E-state index contributed by atoms with van der Waals surface area (Å²) in [5.41, 5.74) is 1.09. The summed E-state index contributed by atoms with van der Waals surface area (Å²) in [6.07, 6.45) is 5.82. The lowest BCUT2D eigenvalue weighted by Gasteiger charge is -2.27. The summed E-state index contributed by atoms with van der Waals surface area (Å²) in [5, 5.41) is 1.46. The van der Waals surface area contributed by atoms with E-state index < -0.39 is 0 Å². The molecule has 1 aliphatic rings. The summed E-state index contributed by atoms with van der Waals surface area (Å²) in [6, 6.07) is 0. The third kappa shape index (κ3) is 1.75. The van der Waals surface area contributed by atoms with Crippen molar-refractivity contribution in [3.8, 4) is 0 Å². The maximum atomic E-state index is 6.03. The van der Waals surface area contributed by atoms with Crippen LogP contribution in [-0.2, 0) is 0 Å². The molecule has 0 aromatic carbocycles. The molecule has 0 saturated heterocycles. The van der Waals surface area contributed by atoms with Crippen molar-refractivity contribution in [2.24, 2.45) is 5.41 Å². The van der Waals surface area contributed by atoms with Crippen LogP contribution in [0.15, 0.2) is 33.9 Å². The molecule has 0 fully saturated rings. The van der Waals surface area contributed by atoms with Gasteiger partial charge >= 0.3 is 0 Å². The van der Waals surface area contributed by atoms with E-state index in [0.717, 1.165) is 15.6 Å². The van der Waals surface area contributed by atoms with Crippen molar-refractivity contribution in [3.63, 3.8) is 0 Å². The summed E-state index contributed by atoms with van der Waals surface area (Å²) in [6.45, 7) is 6.18. The second-order valence-electron chi connectivity index (χ2n) is 3.45. The Bertz CT molecular complexity index is 280. The maximum Gasteiger partial charge on any atom is 0.0458 e. The van der Waals surface area contributed by atoms with Gasteiger partial charge in [-0.05, 0) is 18.6 Å². The highest BCUT2D eigenvalue weighted by molar-refractivity contribution is 6.36. The van der Waals surface area contributed by atoms with Gasteiger partial charge in [0.15, 0.2) is 0 Å². The van der Waals surface area contributed by atoms with E-state index >= 15 is 0 Å². The SMILES string of the molecule is C/C=C1\C(Cl)=CC(Cl)=CC1(C)C. The van der Waals surface area contributed by atoms with Crippen molar-refractivity contribution in [3.05, 3.63) is 33.9 Å². The molecule has 0 spiro atoms. The van der Waals surface area contributed by atoms with Gasteiger partial charge in [0, 0.05) is 15.5 Å². The van der Waals surface area contributed by atoms with Gasteiger partial charge in [-0.15, -0.1) is 0 Å². The van der Waals surface area contributed by atoms with Gasteiger partial charge in [0.25, 0.3) is 0 Å². The van der Waals surface area contributed by atoms with Crippen LogP contribution >= 0.6 is 23.2 Å². The highest BCUT2D eigenvalue weighted by Gasteiger charge is 2.25. The molecule has 0 aromatic heterocycles. The van der Waals surface area contributed by atoms with Crippen LogP contribution < -0.4 is 0 Å². The molecule has 0 aliphatic heterocycles. The van der Waals surface area contributed by atoms with Crippen LogP contribution in [0.25, 0.3) is 0 Å². The molecule has 1 rings (SSSR count). The summed E-state index contributed by atoms with van der Waals surface area (Å²) < 4.78 is 0. The lowest BCUT2D eigenvalue weighted by Crippen LogP contribution is -2.14. The van der Waals surface area contributed by atoms with E-state index in [0.29, 0.717) is 0 Å². The Balaban J connectivity index is 3.18. The smallest absolute Gasteiger partial charge is 0.0458 e. The molecule has 0 saturated carbocycles. The van der Waals surface area contributed by atoms with Crippen molar-refractivity contribution in [1.29, 1.82) is 0 Å². The second-order valence-corrected chi connectivity index (χ2v) is 4.29. The van der Waals surface area contributed by atoms with E-state index in [-0.39, 0.29) is 5.41 Å². The van der Waals surface area contributed by atoms with Gasteiger partial charge in [-0.3, -0.25) is 0 Å². The van der Waals surface area contributed by atoms with Crippen LogP contribution in [0.3, 0.4) is 0 Å². The Morgan fingerprint density at radius 3 is 2.33 bits per heavy atom. The first kappa shape index (κ1) is 9.88. The fraction of sp³-hybridized carbons (Fsp3) is 0.400. The summed E-state index contributed by atoms with van der Waals surface area (Å²) >= 11 is 11.9. The number of hydrogen-bond donors (Lipinski definition) is 0. The Kier molecular flexibility index (Phi) is 2.70. The van der Waals surface area contributed by atoms with E-state index in [4.69, 9.17) is 23.2 Å². The molecule has 0 bridgehead atoms. The fourth-order valence-corrected chi connectivity index (χ4v) is 2.39. The van der Waals surface area contributed by atoms with Crippen LogP contribution in [0.4, 0.5) is 0 Å². The van der Waals surface area contributed by atoms with Crippen LogP contribution in [0.1, 0.15) is 20.8 Å². The lowest BCUT2D eigenvalue weighted by atomic mass is 9.81. The lowest BCUT2D eigenvalue weighted by molar-refractivity contribution is 0.586. The molecule has 0 radical (unpaired) electrons. The second kappa shape index (κ2) is 3.27. The minimum absolute atomic E-state index is 0.0440. The van der Waals surface area contributed by atoms with Gasteiger partial charge in [-0.2, -0.15) is 0 Å². The first-order valence-corrected chi connectivity index (χ1v) is 4.65. The predicted octanol–water partition coefficient (Wildman–Crippen LogP) is 4.22. The zero-order chi connectivity index (χ0) is 9.35. The highest BCUT2D eigenvalue weighted by Crippen LogP contribution is 2.40. The highest BCUT2D eigenvalue weighted by atomic mass is 35.5. The van der Waals surface area contributed by atoms with Crippen LogP contribution in [0.2, 0.25) is 0 Å². The average Bonchev–Trinajstić information content (AvgIpc) is 1.82. The van der Waals surface area contributed by atoms with E-state index in [1.54, 1.807) is 6.08 Å². The molecule has 2 heteroatoms. The molecule has 0 nitrogen and oxygen atoms in total. The minimum Gasteiger partial charge on any atom is -0.0846 e. The molecule has 0 aromatic rings. The van der Waals surface area contributed by atoms with Gasteiger partial charge in [0.1, 0.15) is 0 Å². The molecule has 0 N–H and O–H groups in total. The summed E-state index contributed by atoms with van der Waals surface area (Å²) in [4.78, 5) is 0. The minimum atomic E-state index is -0.0440. The van der Waals surface area contributed by atoms with Crippen molar-refractivity contribution < 1.29 is 0 Å². The Labute approximate surface area is 83.6 Å². The maximum absolute atomic E-state index is 6.03. The van der Waals surface area contributed by atoms with Crippen molar-refractivity contribution in [2.75, 3.05) is 0 Å². The molecule has 0 unspecified atom stereocenters. The van der Waals surface area contributed by atoms with Gasteiger partial charge < -0.3 is 0 Å². The van der Waals surface area contributed by atoms with E-state index in [9.17, 15) is 0 Å². The van der Waals surface area contributed by atoms with Gasteiger partial charge in [0.2, 0.25) is 0 Å². The van der Waals surface area contributed by atoms with E-state index in [1.807, 2.05) is 19.1 Å². The van der Waals surface area contributed by atoms with Gasteiger partial charge in [-0.1, -0.05) is 49.2 Å². The molecular formula is C10H12Cl2. The molecule has 0 amide bonds. The molecule has 0 heterocycles. The molecule has 66 valence electrons. The largest absolute Gasteiger partial charge is 0.0846 e. The number of hydrogen-bond acceptors (Lipinski definition) is 0. The summed E-state index contributed by atoms with van der Waals surface area (Å²) in [7, 11) is 0. The quantitative estimate of drug-likeness (QED) is 0.552. The molecular weight excluding hydrogens is 191 g/mol. The molecule has 1 aliphatic carbocycles. The normalized spacial score (nSPS) is 25.2. The summed E-state index contributed by atoms with van der Waals surface area (Å²) in [5.74, 6) is 0. The first-order chi connectivity index (χ1) is 5.47. The third-order valence-electron chi connectivity index (χ3n) is 2.00. The zero-order valence-electron chi connectivity index (χ0n) is 7.49. The number of halogens is 2. The van der Waals surface area contributed by atoms with Gasteiger partial charge in [-0.25, -0.2) is 0 Å². The van der Waals surface area contributed by atoms with Crippen LogP contribution in [0.5, 0.6) is 0 Å². The van der Waals surface area contributed by atoms with Crippen molar-refractivity contribution in [1.82, 2.24) is 0 Å². The zero-order valence-corrected chi connectivity index (χ0v) is 9.00. The van der Waals surface area contributed by atoms with Crippen molar-refractivity contribution in [2.45, 2.75) is 20.8 Å². The van der Waals surface area contributed by atoms with Gasteiger partial charge in [0.05, 0.1) is 0 Å². The predicted molar refractivity (Wildman–Crippen MR) is 55.4 cm³/mol. The monoisotopic (exact) mass is 202 g/mol. The standard InChI is InChI=1S/C10H12Cl2/c1-4-8-9(12)5-7(11)6-10(8,2)3/h4-6H,1-3H3/b8-4+.